The number of ether oxygens (including phenoxy) is 9. The summed E-state index contributed by atoms with van der Waals surface area (Å²) in [5.41, 5.74) is 7.22. The highest BCUT2D eigenvalue weighted by Gasteiger charge is 2.51. The number of amides is 1. The predicted molar refractivity (Wildman–Crippen MR) is 271 cm³/mol. The first kappa shape index (κ1) is 59.4. The van der Waals surface area contributed by atoms with Crippen LogP contribution in [0.15, 0.2) is 78.9 Å². The van der Waals surface area contributed by atoms with Crippen molar-refractivity contribution in [2.24, 2.45) is 11.7 Å². The quantitative estimate of drug-likeness (QED) is 0.0204. The summed E-state index contributed by atoms with van der Waals surface area (Å²) >= 11 is 0. The van der Waals surface area contributed by atoms with Gasteiger partial charge < -0.3 is 52.9 Å². The van der Waals surface area contributed by atoms with Gasteiger partial charge in [-0.25, -0.2) is 0 Å². The molecule has 17 nitrogen and oxygen atoms in total. The van der Waals surface area contributed by atoms with E-state index in [2.05, 4.69) is 50.6 Å². The SMILES string of the molecule is COc1ccc(C(OC[C@H](COCCCCCCCO[C@@H]2O[C@H](COC(C)=O)[C@H](OC(C)=O)[C@H](OC(C)=O)[C@H]2CC(N)=O)OP(CCC#N)N(C(C)C)C(C)C)(c2ccccc2)c2ccc(OC)cc2)cc1. The molecule has 2 N–H and O–H groups in total. The number of primary amides is 1. The summed E-state index contributed by atoms with van der Waals surface area (Å²) in [5.74, 6) is -2.12. The van der Waals surface area contributed by atoms with Gasteiger partial charge >= 0.3 is 17.9 Å². The molecule has 396 valence electrons. The molecular weight excluding hydrogens is 946 g/mol. The third-order valence-electron chi connectivity index (χ3n) is 11.9. The first-order valence-electron chi connectivity index (χ1n) is 24.7. The van der Waals surface area contributed by atoms with Crippen LogP contribution in [0.1, 0.15) is 110 Å². The Balaban J connectivity index is 1.47. The lowest BCUT2D eigenvalue weighted by molar-refractivity contribution is -0.291. The monoisotopic (exact) mass is 1020 g/mol. The smallest absolute Gasteiger partial charge is 0.303 e. The van der Waals surface area contributed by atoms with Gasteiger partial charge in [0, 0.05) is 65.1 Å². The Kier molecular flexibility index (Phi) is 25.4. The van der Waals surface area contributed by atoms with Gasteiger partial charge in [-0.2, -0.15) is 5.26 Å². The molecule has 3 aromatic carbocycles. The lowest BCUT2D eigenvalue weighted by Gasteiger charge is -2.44. The molecule has 0 aliphatic carbocycles. The molecule has 1 aliphatic heterocycles. The fourth-order valence-corrected chi connectivity index (χ4v) is 11.1. The number of esters is 3. The van der Waals surface area contributed by atoms with E-state index in [0.717, 1.165) is 42.4 Å². The molecule has 7 atom stereocenters. The van der Waals surface area contributed by atoms with Crippen molar-refractivity contribution in [3.63, 3.8) is 0 Å². The number of hydrogen-bond donors (Lipinski definition) is 1. The number of nitriles is 1. The van der Waals surface area contributed by atoms with Gasteiger partial charge in [0.25, 0.3) is 0 Å². The van der Waals surface area contributed by atoms with E-state index in [9.17, 15) is 24.4 Å². The van der Waals surface area contributed by atoms with Crippen molar-refractivity contribution in [3.05, 3.63) is 95.6 Å². The largest absolute Gasteiger partial charge is 0.497 e. The molecule has 0 spiro atoms. The van der Waals surface area contributed by atoms with E-state index < -0.39 is 74.3 Å². The second kappa shape index (κ2) is 30.8. The van der Waals surface area contributed by atoms with E-state index in [1.165, 1.54) is 20.8 Å². The number of rotatable bonds is 32. The summed E-state index contributed by atoms with van der Waals surface area (Å²) in [6, 6.07) is 28.5. The number of hydrogen-bond acceptors (Lipinski definition) is 16. The zero-order valence-electron chi connectivity index (χ0n) is 43.5. The highest BCUT2D eigenvalue weighted by Crippen LogP contribution is 2.48. The van der Waals surface area contributed by atoms with E-state index >= 15 is 0 Å². The topological polar surface area (TPSA) is 214 Å². The standard InChI is InChI=1S/C54H76N3O14P/c1-37(2)57(38(3)4)72(32-18-29-55)71-47(35-67-54(42-19-14-13-15-20-42,43-21-25-45(62-8)26-22-43)44-23-27-46(63-9)28-24-44)34-64-30-16-11-10-12-17-31-65-53-48(33-50(56)61)51(68-40(6)59)52(69-41(7)60)49(70-53)36-66-39(5)58/h13-15,19-28,37-38,47-49,51-53H,10-12,16-18,30-36H2,1-9H3,(H2,56,61)/t47-,48+,49+,51+,52-,53+,72?/m0/s1. The van der Waals surface area contributed by atoms with Crippen LogP contribution in [0.3, 0.4) is 0 Å². The summed E-state index contributed by atoms with van der Waals surface area (Å²) in [7, 11) is 2.05. The molecule has 0 bridgehead atoms. The Labute approximate surface area is 427 Å². The van der Waals surface area contributed by atoms with Crippen molar-refractivity contribution < 1.29 is 66.3 Å². The number of nitrogens with zero attached hydrogens (tertiary/aromatic N) is 2. The molecule has 72 heavy (non-hydrogen) atoms. The highest BCUT2D eigenvalue weighted by molar-refractivity contribution is 7.50. The predicted octanol–water partition coefficient (Wildman–Crippen LogP) is 8.37. The van der Waals surface area contributed by atoms with Crippen LogP contribution in [0.2, 0.25) is 0 Å². The minimum atomic E-state index is -1.23. The molecule has 1 aliphatic rings. The maximum Gasteiger partial charge on any atom is 0.303 e. The lowest BCUT2D eigenvalue weighted by Crippen LogP contribution is -2.59. The first-order chi connectivity index (χ1) is 34.5. The second-order valence-corrected chi connectivity index (χ2v) is 20.0. The summed E-state index contributed by atoms with van der Waals surface area (Å²) in [5, 5.41) is 9.72. The Morgan fingerprint density at radius 3 is 1.79 bits per heavy atom. The fourth-order valence-electron chi connectivity index (χ4n) is 8.89. The lowest BCUT2D eigenvalue weighted by atomic mass is 9.80. The normalized spacial score (nSPS) is 18.8. The maximum atomic E-state index is 12.2. The number of benzene rings is 3. The molecule has 3 aromatic rings. The average Bonchev–Trinajstić information content (AvgIpc) is 3.34. The molecule has 1 heterocycles. The average molecular weight is 1020 g/mol. The first-order valence-corrected chi connectivity index (χ1v) is 26.1. The highest BCUT2D eigenvalue weighted by atomic mass is 31.2. The Bertz CT molecular complexity index is 2080. The second-order valence-electron chi connectivity index (χ2n) is 18.1. The molecular formula is C54H76N3O14P. The molecule has 18 heteroatoms. The summed E-state index contributed by atoms with van der Waals surface area (Å²) in [6.07, 6.45) is -0.406. The van der Waals surface area contributed by atoms with Crippen molar-refractivity contribution >= 4 is 32.1 Å². The molecule has 0 aromatic heterocycles. The molecule has 1 saturated heterocycles. The van der Waals surface area contributed by atoms with Gasteiger partial charge in [-0.15, -0.1) is 0 Å². The number of carbonyl (C=O) groups is 4. The van der Waals surface area contributed by atoms with Crippen molar-refractivity contribution in [3.8, 4) is 17.6 Å². The van der Waals surface area contributed by atoms with Gasteiger partial charge in [-0.3, -0.25) is 23.8 Å². The van der Waals surface area contributed by atoms with Gasteiger partial charge in [-0.05, 0) is 81.5 Å². The van der Waals surface area contributed by atoms with E-state index in [-0.39, 0.29) is 44.9 Å². The zero-order valence-corrected chi connectivity index (χ0v) is 44.3. The van der Waals surface area contributed by atoms with E-state index in [1.807, 2.05) is 66.7 Å². The van der Waals surface area contributed by atoms with Crippen LogP contribution < -0.4 is 15.2 Å². The van der Waals surface area contributed by atoms with E-state index in [4.69, 9.17) is 52.9 Å². The zero-order chi connectivity index (χ0) is 52.6. The van der Waals surface area contributed by atoms with E-state index in [0.29, 0.717) is 37.1 Å². The van der Waals surface area contributed by atoms with Crippen LogP contribution in [-0.4, -0.2) is 125 Å². The molecule has 0 saturated carbocycles. The minimum Gasteiger partial charge on any atom is -0.497 e. The third kappa shape index (κ3) is 18.1. The van der Waals surface area contributed by atoms with Gasteiger partial charge in [0.05, 0.1) is 39.4 Å². The molecule has 1 fully saturated rings. The third-order valence-corrected chi connectivity index (χ3v) is 14.5. The van der Waals surface area contributed by atoms with Crippen LogP contribution in [0.25, 0.3) is 0 Å². The number of unbranched alkanes of at least 4 members (excludes halogenated alkanes) is 4. The van der Waals surface area contributed by atoms with Crippen LogP contribution in [0.4, 0.5) is 0 Å². The Morgan fingerprint density at radius 2 is 1.28 bits per heavy atom. The van der Waals surface area contributed by atoms with Crippen LogP contribution in [-0.2, 0) is 62.5 Å². The van der Waals surface area contributed by atoms with Crippen molar-refractivity contribution in [1.29, 1.82) is 5.26 Å². The van der Waals surface area contributed by atoms with Gasteiger partial charge in [0.2, 0.25) is 5.91 Å². The molecule has 4 rings (SSSR count). The van der Waals surface area contributed by atoms with Gasteiger partial charge in [-0.1, -0.05) is 73.9 Å². The minimum absolute atomic E-state index is 0.157. The molecule has 1 amide bonds. The molecule has 0 radical (unpaired) electrons. The summed E-state index contributed by atoms with van der Waals surface area (Å²) in [4.78, 5) is 48.2. The number of nitrogens with two attached hydrogens (primary N) is 1. The number of methoxy groups -OCH3 is 2. The van der Waals surface area contributed by atoms with E-state index in [1.54, 1.807) is 14.2 Å². The molecule has 1 unspecified atom stereocenters. The Morgan fingerprint density at radius 1 is 0.736 bits per heavy atom. The van der Waals surface area contributed by atoms with Crippen LogP contribution >= 0.6 is 8.30 Å². The van der Waals surface area contributed by atoms with Gasteiger partial charge in [0.15, 0.2) is 12.4 Å². The summed E-state index contributed by atoms with van der Waals surface area (Å²) in [6.45, 7) is 13.0. The Hall–Kier alpha value is -5.18. The number of carbonyl (C=O) groups excluding carboxylic acids is 4. The van der Waals surface area contributed by atoms with Crippen LogP contribution in [0, 0.1) is 17.2 Å². The van der Waals surface area contributed by atoms with Crippen LogP contribution in [0.5, 0.6) is 11.5 Å². The van der Waals surface area contributed by atoms with Crippen molar-refractivity contribution in [2.45, 2.75) is 142 Å². The fraction of sp³-hybridized carbons (Fsp3) is 0.574. The maximum absolute atomic E-state index is 12.2. The van der Waals surface area contributed by atoms with Crippen molar-refractivity contribution in [2.75, 3.05) is 53.4 Å². The van der Waals surface area contributed by atoms with Gasteiger partial charge in [0.1, 0.15) is 50.3 Å². The summed E-state index contributed by atoms with van der Waals surface area (Å²) < 4.78 is 62.8. The van der Waals surface area contributed by atoms with Crippen molar-refractivity contribution in [1.82, 2.24) is 4.67 Å².